The van der Waals surface area contributed by atoms with Crippen molar-refractivity contribution in [2.75, 3.05) is 19.7 Å². The highest BCUT2D eigenvalue weighted by Crippen LogP contribution is 2.17. The maximum Gasteiger partial charge on any atom is 0.191 e. The van der Waals surface area contributed by atoms with Crippen LogP contribution in [0.1, 0.15) is 12.5 Å². The molecule has 148 valence electrons. The Morgan fingerprint density at radius 1 is 1.07 bits per heavy atom. The quantitative estimate of drug-likeness (QED) is 0.238. The van der Waals surface area contributed by atoms with Crippen molar-refractivity contribution in [3.05, 3.63) is 59.4 Å². The van der Waals surface area contributed by atoms with Crippen LogP contribution in [-0.2, 0) is 6.54 Å². The molecule has 0 aliphatic heterocycles. The second-order valence-corrected chi connectivity index (χ2v) is 5.33. The summed E-state index contributed by atoms with van der Waals surface area (Å²) in [5.41, 5.74) is 0.599. The summed E-state index contributed by atoms with van der Waals surface area (Å²) in [6.45, 7) is 3.18. The highest BCUT2D eigenvalue weighted by Gasteiger charge is 2.05. The van der Waals surface area contributed by atoms with Gasteiger partial charge in [0.2, 0.25) is 0 Å². The van der Waals surface area contributed by atoms with E-state index in [1.165, 1.54) is 18.2 Å². The van der Waals surface area contributed by atoms with E-state index in [9.17, 15) is 18.3 Å². The van der Waals surface area contributed by atoms with Gasteiger partial charge in [-0.25, -0.2) is 18.2 Å². The van der Waals surface area contributed by atoms with Gasteiger partial charge in [0.05, 0.1) is 13.1 Å². The second kappa shape index (κ2) is 11.5. The van der Waals surface area contributed by atoms with Crippen molar-refractivity contribution in [3.8, 4) is 11.5 Å². The normalized spacial score (nSPS) is 10.9. The number of aliphatic imine (C=N–C) groups is 1. The Morgan fingerprint density at radius 2 is 1.85 bits per heavy atom. The molecule has 0 saturated heterocycles. The molecule has 0 bridgehead atoms. The van der Waals surface area contributed by atoms with Crippen LogP contribution in [0.3, 0.4) is 0 Å². The van der Waals surface area contributed by atoms with Gasteiger partial charge in [-0.2, -0.15) is 0 Å². The van der Waals surface area contributed by atoms with E-state index in [4.69, 9.17) is 4.74 Å². The number of guanidine groups is 1. The highest BCUT2D eigenvalue weighted by molar-refractivity contribution is 14.0. The number of aromatic hydroxyl groups is 1. The van der Waals surface area contributed by atoms with Crippen LogP contribution in [-0.4, -0.2) is 30.8 Å². The number of rotatable bonds is 7. The molecule has 0 radical (unpaired) electrons. The van der Waals surface area contributed by atoms with Crippen LogP contribution in [0.5, 0.6) is 11.5 Å². The standard InChI is InChI=1S/C18H20F3N3O2.HI/c1-2-22-18(24-11-12-3-5-16(25)14(20)9-12)23-7-8-26-17-6-4-13(19)10-15(17)21;/h3-6,9-10,25H,2,7-8,11H2,1H3,(H2,22,23,24);1H. The fourth-order valence-electron chi connectivity index (χ4n) is 2.08. The summed E-state index contributed by atoms with van der Waals surface area (Å²) < 4.78 is 44.9. The summed E-state index contributed by atoms with van der Waals surface area (Å²) in [7, 11) is 0. The largest absolute Gasteiger partial charge is 0.505 e. The SMILES string of the molecule is CCNC(=NCc1ccc(O)c(F)c1)NCCOc1ccc(F)cc1F.I. The van der Waals surface area contributed by atoms with Gasteiger partial charge in [-0.3, -0.25) is 0 Å². The van der Waals surface area contributed by atoms with Gasteiger partial charge in [0.25, 0.3) is 0 Å². The minimum atomic E-state index is -0.764. The fraction of sp³-hybridized carbons (Fsp3) is 0.278. The number of phenols is 1. The summed E-state index contributed by atoms with van der Waals surface area (Å²) in [4.78, 5) is 4.30. The monoisotopic (exact) mass is 495 g/mol. The van der Waals surface area contributed by atoms with Crippen LogP contribution in [0.2, 0.25) is 0 Å². The molecule has 2 rings (SSSR count). The topological polar surface area (TPSA) is 65.9 Å². The lowest BCUT2D eigenvalue weighted by Crippen LogP contribution is -2.39. The molecule has 27 heavy (non-hydrogen) atoms. The van der Waals surface area contributed by atoms with Gasteiger partial charge < -0.3 is 20.5 Å². The van der Waals surface area contributed by atoms with E-state index in [-0.39, 0.29) is 42.9 Å². The minimum Gasteiger partial charge on any atom is -0.505 e. The van der Waals surface area contributed by atoms with Crippen molar-refractivity contribution in [3.63, 3.8) is 0 Å². The van der Waals surface area contributed by atoms with Gasteiger partial charge in [0.1, 0.15) is 12.4 Å². The molecule has 0 unspecified atom stereocenters. The van der Waals surface area contributed by atoms with Gasteiger partial charge in [0.15, 0.2) is 29.1 Å². The average Bonchev–Trinajstić information content (AvgIpc) is 2.60. The van der Waals surface area contributed by atoms with Crippen molar-refractivity contribution in [2.24, 2.45) is 4.99 Å². The van der Waals surface area contributed by atoms with E-state index in [2.05, 4.69) is 15.6 Å². The number of nitrogens with zero attached hydrogens (tertiary/aromatic N) is 1. The van der Waals surface area contributed by atoms with Crippen LogP contribution in [0.15, 0.2) is 41.4 Å². The molecule has 0 saturated carbocycles. The van der Waals surface area contributed by atoms with Crippen molar-refractivity contribution < 1.29 is 23.0 Å². The predicted molar refractivity (Wildman–Crippen MR) is 108 cm³/mol. The maximum atomic E-state index is 13.5. The zero-order chi connectivity index (χ0) is 18.9. The number of halogens is 4. The van der Waals surface area contributed by atoms with Crippen LogP contribution in [0.25, 0.3) is 0 Å². The molecule has 0 aliphatic rings. The van der Waals surface area contributed by atoms with Crippen molar-refractivity contribution in [2.45, 2.75) is 13.5 Å². The molecule has 0 aromatic heterocycles. The number of benzene rings is 2. The average molecular weight is 495 g/mol. The summed E-state index contributed by atoms with van der Waals surface area (Å²) in [6, 6.07) is 7.16. The first-order valence-corrected chi connectivity index (χ1v) is 8.07. The Hall–Kier alpha value is -2.17. The van der Waals surface area contributed by atoms with E-state index in [0.29, 0.717) is 24.6 Å². The molecule has 5 nitrogen and oxygen atoms in total. The van der Waals surface area contributed by atoms with Gasteiger partial charge in [0, 0.05) is 12.6 Å². The summed E-state index contributed by atoms with van der Waals surface area (Å²) in [6.07, 6.45) is 0. The van der Waals surface area contributed by atoms with E-state index in [1.807, 2.05) is 6.92 Å². The maximum absolute atomic E-state index is 13.5. The van der Waals surface area contributed by atoms with Crippen LogP contribution < -0.4 is 15.4 Å². The lowest BCUT2D eigenvalue weighted by molar-refractivity contribution is 0.304. The van der Waals surface area contributed by atoms with Crippen LogP contribution >= 0.6 is 24.0 Å². The smallest absolute Gasteiger partial charge is 0.191 e. The molecular weight excluding hydrogens is 474 g/mol. The Morgan fingerprint density at radius 3 is 2.52 bits per heavy atom. The molecule has 0 atom stereocenters. The Kier molecular flexibility index (Phi) is 9.76. The van der Waals surface area contributed by atoms with Crippen molar-refractivity contribution in [1.82, 2.24) is 10.6 Å². The Bertz CT molecular complexity index is 776. The first-order chi connectivity index (χ1) is 12.5. The molecule has 0 fully saturated rings. The third-order valence-corrected chi connectivity index (χ3v) is 3.32. The minimum absolute atomic E-state index is 0. The third-order valence-electron chi connectivity index (χ3n) is 3.32. The van der Waals surface area contributed by atoms with Crippen molar-refractivity contribution >= 4 is 29.9 Å². The lowest BCUT2D eigenvalue weighted by atomic mass is 10.2. The van der Waals surface area contributed by atoms with E-state index >= 15 is 0 Å². The van der Waals surface area contributed by atoms with E-state index in [0.717, 1.165) is 12.1 Å². The Balaban J connectivity index is 0.00000364. The number of phenolic OH excluding ortho intramolecular Hbond substituents is 1. The van der Waals surface area contributed by atoms with Gasteiger partial charge in [-0.05, 0) is 36.8 Å². The first kappa shape index (κ1) is 22.9. The molecule has 0 amide bonds. The molecule has 9 heteroatoms. The van der Waals surface area contributed by atoms with Gasteiger partial charge in [-0.1, -0.05) is 6.07 Å². The van der Waals surface area contributed by atoms with E-state index < -0.39 is 23.2 Å². The molecule has 2 aromatic carbocycles. The molecule has 0 heterocycles. The predicted octanol–water partition coefficient (Wildman–Crippen LogP) is 3.56. The Labute approximate surface area is 172 Å². The first-order valence-electron chi connectivity index (χ1n) is 8.07. The summed E-state index contributed by atoms with van der Waals surface area (Å²) >= 11 is 0. The second-order valence-electron chi connectivity index (χ2n) is 5.33. The van der Waals surface area contributed by atoms with Crippen molar-refractivity contribution in [1.29, 1.82) is 0 Å². The van der Waals surface area contributed by atoms with Gasteiger partial charge >= 0.3 is 0 Å². The summed E-state index contributed by atoms with van der Waals surface area (Å²) in [5, 5.41) is 15.2. The summed E-state index contributed by atoms with van der Waals surface area (Å²) in [5.74, 6) is -2.10. The number of ether oxygens (including phenoxy) is 1. The van der Waals surface area contributed by atoms with Crippen LogP contribution in [0.4, 0.5) is 13.2 Å². The highest BCUT2D eigenvalue weighted by atomic mass is 127. The van der Waals surface area contributed by atoms with E-state index in [1.54, 1.807) is 6.07 Å². The molecule has 0 spiro atoms. The third kappa shape index (κ3) is 7.53. The molecular formula is C18H21F3IN3O2. The molecule has 0 aliphatic carbocycles. The molecule has 3 N–H and O–H groups in total. The molecule has 2 aromatic rings. The number of hydrogen-bond donors (Lipinski definition) is 3. The number of hydrogen-bond acceptors (Lipinski definition) is 3. The van der Waals surface area contributed by atoms with Crippen LogP contribution in [0, 0.1) is 17.5 Å². The number of nitrogens with one attached hydrogen (secondary N) is 2. The zero-order valence-electron chi connectivity index (χ0n) is 14.6. The fourth-order valence-corrected chi connectivity index (χ4v) is 2.08. The van der Waals surface area contributed by atoms with Gasteiger partial charge in [-0.15, -0.1) is 24.0 Å². The lowest BCUT2D eigenvalue weighted by Gasteiger charge is -2.12. The zero-order valence-corrected chi connectivity index (χ0v) is 17.0.